The van der Waals surface area contributed by atoms with Crippen molar-refractivity contribution in [3.63, 3.8) is 0 Å². The molecular weight excluding hydrogens is 434 g/mol. The number of nitrogens with one attached hydrogen (secondary N) is 2. The monoisotopic (exact) mass is 455 g/mol. The number of ether oxygens (including phenoxy) is 3. The Morgan fingerprint density at radius 1 is 0.844 bits per heavy atom. The van der Waals surface area contributed by atoms with Gasteiger partial charge in [-0.1, -0.05) is 12.1 Å². The van der Waals surface area contributed by atoms with E-state index in [2.05, 4.69) is 15.0 Å². The molecule has 9 nitrogen and oxygen atoms in total. The van der Waals surface area contributed by atoms with Gasteiger partial charge in [-0.3, -0.25) is 4.72 Å². The molecule has 0 fully saturated rings. The molecule has 0 amide bonds. The highest BCUT2D eigenvalue weighted by Crippen LogP contribution is 2.32. The van der Waals surface area contributed by atoms with E-state index in [4.69, 9.17) is 18.6 Å². The first-order chi connectivity index (χ1) is 15.4. The van der Waals surface area contributed by atoms with Crippen LogP contribution in [0.5, 0.6) is 17.2 Å². The zero-order valence-corrected chi connectivity index (χ0v) is 18.4. The van der Waals surface area contributed by atoms with Crippen molar-refractivity contribution < 1.29 is 27.0 Å². The fourth-order valence-electron chi connectivity index (χ4n) is 3.10. The second kappa shape index (κ2) is 8.67. The lowest BCUT2D eigenvalue weighted by Crippen LogP contribution is -2.13. The number of hydrogen-bond donors (Lipinski definition) is 2. The van der Waals surface area contributed by atoms with Crippen molar-refractivity contribution in [2.24, 2.45) is 0 Å². The van der Waals surface area contributed by atoms with Gasteiger partial charge in [0.15, 0.2) is 17.1 Å². The Morgan fingerprint density at radius 2 is 1.59 bits per heavy atom. The molecule has 2 N–H and O–H groups in total. The maximum absolute atomic E-state index is 12.9. The topological polar surface area (TPSA) is 112 Å². The summed E-state index contributed by atoms with van der Waals surface area (Å²) in [4.78, 5) is 4.40. The number of fused-ring (bicyclic) bond motifs is 1. The van der Waals surface area contributed by atoms with Crippen LogP contribution in [-0.2, 0) is 10.0 Å². The van der Waals surface area contributed by atoms with Gasteiger partial charge in [-0.05, 0) is 42.5 Å². The molecule has 4 rings (SSSR count). The van der Waals surface area contributed by atoms with Crippen LogP contribution in [0.1, 0.15) is 0 Å². The molecule has 0 bridgehead atoms. The van der Waals surface area contributed by atoms with Crippen LogP contribution in [0.15, 0.2) is 70.0 Å². The summed E-state index contributed by atoms with van der Waals surface area (Å²) in [5.41, 5.74) is 1.83. The lowest BCUT2D eigenvalue weighted by Gasteiger charge is -2.11. The number of aromatic nitrogens is 1. The Bertz CT molecular complexity index is 1370. The standard InChI is InChI=1S/C22H21N3O6S/c1-28-18-7-5-4-6-16(18)25-32(26,27)15-9-11-19-17(13-15)24-22(31-19)23-14-8-10-20(29-2)21(12-14)30-3/h4-13,25H,1-3H3,(H,23,24). The molecule has 1 aromatic heterocycles. The first-order valence-electron chi connectivity index (χ1n) is 9.49. The molecule has 10 heteroatoms. The highest BCUT2D eigenvalue weighted by molar-refractivity contribution is 7.92. The van der Waals surface area contributed by atoms with Gasteiger partial charge < -0.3 is 23.9 Å². The predicted octanol–water partition coefficient (Wildman–Crippen LogP) is 4.40. The normalized spacial score (nSPS) is 11.2. The number of rotatable bonds is 8. The quantitative estimate of drug-likeness (QED) is 0.402. The van der Waals surface area contributed by atoms with Crippen LogP contribution < -0.4 is 24.2 Å². The molecule has 0 aliphatic heterocycles. The summed E-state index contributed by atoms with van der Waals surface area (Å²) in [5.74, 6) is 1.55. The zero-order chi connectivity index (χ0) is 22.7. The molecule has 0 unspecified atom stereocenters. The van der Waals surface area contributed by atoms with Crippen LogP contribution in [0.2, 0.25) is 0 Å². The van der Waals surface area contributed by atoms with E-state index >= 15 is 0 Å². The van der Waals surface area contributed by atoms with Crippen molar-refractivity contribution in [3.8, 4) is 17.2 Å². The predicted molar refractivity (Wildman–Crippen MR) is 121 cm³/mol. The molecule has 0 spiro atoms. The van der Waals surface area contributed by atoms with Crippen molar-refractivity contribution in [1.82, 2.24) is 4.98 Å². The maximum Gasteiger partial charge on any atom is 0.300 e. The molecule has 1 heterocycles. The summed E-state index contributed by atoms with van der Waals surface area (Å²) < 4.78 is 49.7. The third kappa shape index (κ3) is 4.26. The van der Waals surface area contributed by atoms with E-state index in [9.17, 15) is 8.42 Å². The SMILES string of the molecule is COc1ccccc1NS(=O)(=O)c1ccc2oc(Nc3ccc(OC)c(OC)c3)nc2c1. The fraction of sp³-hybridized carbons (Fsp3) is 0.136. The number of methoxy groups -OCH3 is 3. The summed E-state index contributed by atoms with van der Waals surface area (Å²) in [6.45, 7) is 0. The second-order valence-corrected chi connectivity index (χ2v) is 8.33. The van der Waals surface area contributed by atoms with Crippen LogP contribution in [0.3, 0.4) is 0 Å². The van der Waals surface area contributed by atoms with Crippen molar-refractivity contribution in [3.05, 3.63) is 60.7 Å². The van der Waals surface area contributed by atoms with Gasteiger partial charge in [0.2, 0.25) is 0 Å². The zero-order valence-electron chi connectivity index (χ0n) is 17.6. The van der Waals surface area contributed by atoms with Crippen molar-refractivity contribution in [1.29, 1.82) is 0 Å². The molecule has 166 valence electrons. The summed E-state index contributed by atoms with van der Waals surface area (Å²) in [5, 5.41) is 3.04. The summed E-state index contributed by atoms with van der Waals surface area (Å²) in [7, 11) is 0.707. The van der Waals surface area contributed by atoms with E-state index in [1.165, 1.54) is 19.2 Å². The molecule has 3 aromatic carbocycles. The minimum absolute atomic E-state index is 0.0434. The molecule has 0 saturated heterocycles. The second-order valence-electron chi connectivity index (χ2n) is 6.65. The van der Waals surface area contributed by atoms with Gasteiger partial charge in [-0.25, -0.2) is 8.42 Å². The number of anilines is 3. The number of para-hydroxylation sites is 2. The van der Waals surface area contributed by atoms with Gasteiger partial charge in [0.25, 0.3) is 16.0 Å². The smallest absolute Gasteiger partial charge is 0.300 e. The van der Waals surface area contributed by atoms with Gasteiger partial charge >= 0.3 is 0 Å². The number of hydrogen-bond acceptors (Lipinski definition) is 8. The average Bonchev–Trinajstić information content (AvgIpc) is 3.20. The fourth-order valence-corrected chi connectivity index (χ4v) is 4.19. The Labute approximate surface area is 185 Å². The third-order valence-electron chi connectivity index (χ3n) is 4.66. The van der Waals surface area contributed by atoms with Crippen LogP contribution >= 0.6 is 0 Å². The number of benzene rings is 3. The molecule has 0 atom stereocenters. The van der Waals surface area contributed by atoms with Gasteiger partial charge in [-0.2, -0.15) is 4.98 Å². The minimum Gasteiger partial charge on any atom is -0.495 e. The first-order valence-corrected chi connectivity index (χ1v) is 11.0. The van der Waals surface area contributed by atoms with Crippen molar-refractivity contribution in [2.45, 2.75) is 4.90 Å². The Balaban J connectivity index is 1.60. The molecule has 0 saturated carbocycles. The molecular formula is C22H21N3O6S. The lowest BCUT2D eigenvalue weighted by atomic mass is 10.3. The van der Waals surface area contributed by atoms with Gasteiger partial charge in [-0.15, -0.1) is 0 Å². The number of nitrogens with zero attached hydrogens (tertiary/aromatic N) is 1. The van der Waals surface area contributed by atoms with Crippen LogP contribution in [0.4, 0.5) is 17.4 Å². The minimum atomic E-state index is -3.87. The van der Waals surface area contributed by atoms with Crippen LogP contribution in [-0.4, -0.2) is 34.7 Å². The van der Waals surface area contributed by atoms with Gasteiger partial charge in [0.05, 0.1) is 31.9 Å². The van der Waals surface area contributed by atoms with E-state index in [0.29, 0.717) is 39.7 Å². The van der Waals surface area contributed by atoms with E-state index in [-0.39, 0.29) is 10.9 Å². The summed E-state index contributed by atoms with van der Waals surface area (Å²) in [6.07, 6.45) is 0. The summed E-state index contributed by atoms with van der Waals surface area (Å²) >= 11 is 0. The maximum atomic E-state index is 12.9. The molecule has 4 aromatic rings. The first kappa shape index (κ1) is 21.3. The largest absolute Gasteiger partial charge is 0.495 e. The number of sulfonamides is 1. The average molecular weight is 455 g/mol. The van der Waals surface area contributed by atoms with E-state index in [0.717, 1.165) is 0 Å². The molecule has 0 aliphatic carbocycles. The van der Waals surface area contributed by atoms with Crippen molar-refractivity contribution >= 4 is 38.5 Å². The van der Waals surface area contributed by atoms with Gasteiger partial charge in [0, 0.05) is 11.8 Å². The highest BCUT2D eigenvalue weighted by atomic mass is 32.2. The van der Waals surface area contributed by atoms with Crippen LogP contribution in [0, 0.1) is 0 Å². The summed E-state index contributed by atoms with van der Waals surface area (Å²) in [6, 6.07) is 16.7. The van der Waals surface area contributed by atoms with E-state index < -0.39 is 10.0 Å². The van der Waals surface area contributed by atoms with E-state index in [1.807, 2.05) is 0 Å². The lowest BCUT2D eigenvalue weighted by molar-refractivity contribution is 0.355. The Morgan fingerprint density at radius 3 is 2.34 bits per heavy atom. The van der Waals surface area contributed by atoms with Gasteiger partial charge in [0.1, 0.15) is 11.3 Å². The molecule has 0 radical (unpaired) electrons. The molecule has 32 heavy (non-hydrogen) atoms. The number of oxazole rings is 1. The third-order valence-corrected chi connectivity index (χ3v) is 6.02. The molecule has 0 aliphatic rings. The highest BCUT2D eigenvalue weighted by Gasteiger charge is 2.18. The Kier molecular flexibility index (Phi) is 5.78. The van der Waals surface area contributed by atoms with E-state index in [1.54, 1.807) is 62.8 Å². The van der Waals surface area contributed by atoms with Crippen LogP contribution in [0.25, 0.3) is 11.1 Å². The van der Waals surface area contributed by atoms with Crippen molar-refractivity contribution in [2.75, 3.05) is 31.4 Å². The Hall–Kier alpha value is -3.92.